The summed E-state index contributed by atoms with van der Waals surface area (Å²) in [7, 11) is 0. The van der Waals surface area contributed by atoms with Gasteiger partial charge in [-0.15, -0.1) is 0 Å². The number of nitriles is 1. The van der Waals surface area contributed by atoms with Gasteiger partial charge in [-0.2, -0.15) is 5.26 Å². The SMILES string of the molecule is N#C/C(=C/N1CCc2ccccc2C1)C(=O)Nc1cccc(Cl)c1Cl. The lowest BCUT2D eigenvalue weighted by Crippen LogP contribution is -2.27. The Kier molecular flexibility index (Phi) is 5.28. The molecule has 2 aromatic carbocycles. The molecule has 1 aliphatic rings. The Morgan fingerprint density at radius 1 is 1.16 bits per heavy atom. The van der Waals surface area contributed by atoms with Crippen molar-refractivity contribution >= 4 is 34.8 Å². The quantitative estimate of drug-likeness (QED) is 0.642. The van der Waals surface area contributed by atoms with Crippen LogP contribution in [0.15, 0.2) is 54.2 Å². The van der Waals surface area contributed by atoms with Crippen LogP contribution >= 0.6 is 23.2 Å². The average molecular weight is 372 g/mol. The molecule has 1 N–H and O–H groups in total. The summed E-state index contributed by atoms with van der Waals surface area (Å²) >= 11 is 12.0. The second-order valence-electron chi connectivity index (χ2n) is 5.70. The van der Waals surface area contributed by atoms with Gasteiger partial charge in [-0.1, -0.05) is 53.5 Å². The van der Waals surface area contributed by atoms with Crippen LogP contribution < -0.4 is 5.32 Å². The van der Waals surface area contributed by atoms with Gasteiger partial charge in [0.25, 0.3) is 5.91 Å². The van der Waals surface area contributed by atoms with E-state index in [1.54, 1.807) is 24.4 Å². The molecule has 0 atom stereocenters. The topological polar surface area (TPSA) is 56.1 Å². The van der Waals surface area contributed by atoms with E-state index in [1.165, 1.54) is 11.1 Å². The first kappa shape index (κ1) is 17.3. The third-order valence-electron chi connectivity index (χ3n) is 4.04. The van der Waals surface area contributed by atoms with Crippen molar-refractivity contribution < 1.29 is 4.79 Å². The summed E-state index contributed by atoms with van der Waals surface area (Å²) in [6.45, 7) is 1.43. The Hall–Kier alpha value is -2.48. The van der Waals surface area contributed by atoms with Crippen molar-refractivity contribution in [2.24, 2.45) is 0 Å². The van der Waals surface area contributed by atoms with Crippen molar-refractivity contribution in [2.45, 2.75) is 13.0 Å². The predicted octanol–water partition coefficient (Wildman–Crippen LogP) is 4.40. The van der Waals surface area contributed by atoms with Crippen molar-refractivity contribution in [3.63, 3.8) is 0 Å². The number of nitrogens with one attached hydrogen (secondary N) is 1. The van der Waals surface area contributed by atoms with Crippen LogP contribution in [0.3, 0.4) is 0 Å². The van der Waals surface area contributed by atoms with Gasteiger partial charge in [0.1, 0.15) is 11.6 Å². The van der Waals surface area contributed by atoms with Gasteiger partial charge in [-0.05, 0) is 29.7 Å². The summed E-state index contributed by atoms with van der Waals surface area (Å²) in [5.41, 5.74) is 2.92. The van der Waals surface area contributed by atoms with Crippen molar-refractivity contribution in [3.05, 3.63) is 75.4 Å². The zero-order valence-corrected chi connectivity index (χ0v) is 14.8. The van der Waals surface area contributed by atoms with Crippen molar-refractivity contribution in [2.75, 3.05) is 11.9 Å². The molecule has 25 heavy (non-hydrogen) atoms. The van der Waals surface area contributed by atoms with E-state index in [2.05, 4.69) is 17.4 Å². The van der Waals surface area contributed by atoms with E-state index < -0.39 is 5.91 Å². The Morgan fingerprint density at radius 3 is 2.68 bits per heavy atom. The molecule has 0 saturated carbocycles. The van der Waals surface area contributed by atoms with Crippen LogP contribution in [-0.2, 0) is 17.8 Å². The molecule has 6 heteroatoms. The second kappa shape index (κ2) is 7.60. The van der Waals surface area contributed by atoms with Gasteiger partial charge in [0.15, 0.2) is 0 Å². The molecular formula is C19H15Cl2N3O. The number of carbonyl (C=O) groups excluding carboxylic acids is 1. The number of amides is 1. The van der Waals surface area contributed by atoms with E-state index >= 15 is 0 Å². The number of nitrogens with zero attached hydrogens (tertiary/aromatic N) is 2. The number of halogens is 2. The predicted molar refractivity (Wildman–Crippen MR) is 99.3 cm³/mol. The Bertz CT molecular complexity index is 886. The number of hydrogen-bond donors (Lipinski definition) is 1. The summed E-state index contributed by atoms with van der Waals surface area (Å²) in [5, 5.41) is 12.6. The van der Waals surface area contributed by atoms with E-state index in [0.717, 1.165) is 13.0 Å². The second-order valence-corrected chi connectivity index (χ2v) is 6.48. The number of hydrogen-bond acceptors (Lipinski definition) is 3. The van der Waals surface area contributed by atoms with Gasteiger partial charge in [0.2, 0.25) is 0 Å². The van der Waals surface area contributed by atoms with Gasteiger partial charge >= 0.3 is 0 Å². The molecular weight excluding hydrogens is 357 g/mol. The molecule has 2 aromatic rings. The maximum absolute atomic E-state index is 12.4. The highest BCUT2D eigenvalue weighted by Crippen LogP contribution is 2.29. The summed E-state index contributed by atoms with van der Waals surface area (Å²) < 4.78 is 0. The fraction of sp³-hybridized carbons (Fsp3) is 0.158. The maximum atomic E-state index is 12.4. The Balaban J connectivity index is 1.76. The van der Waals surface area contributed by atoms with Gasteiger partial charge in [0.05, 0.1) is 15.7 Å². The van der Waals surface area contributed by atoms with E-state index in [1.807, 2.05) is 23.1 Å². The zero-order chi connectivity index (χ0) is 17.8. The normalized spacial score (nSPS) is 13.8. The third-order valence-corrected chi connectivity index (χ3v) is 4.86. The van der Waals surface area contributed by atoms with Gasteiger partial charge < -0.3 is 10.2 Å². The molecule has 0 aliphatic carbocycles. The van der Waals surface area contributed by atoms with E-state index in [0.29, 0.717) is 17.3 Å². The van der Waals surface area contributed by atoms with Gasteiger partial charge in [-0.3, -0.25) is 4.79 Å². The van der Waals surface area contributed by atoms with Crippen molar-refractivity contribution in [3.8, 4) is 6.07 Å². The Labute approximate surface area is 156 Å². The smallest absolute Gasteiger partial charge is 0.267 e. The Morgan fingerprint density at radius 2 is 1.92 bits per heavy atom. The van der Waals surface area contributed by atoms with Crippen LogP contribution in [0.25, 0.3) is 0 Å². The first-order chi connectivity index (χ1) is 12.1. The lowest BCUT2D eigenvalue weighted by Gasteiger charge is -2.27. The standard InChI is InChI=1S/C19H15Cl2N3O/c20-16-6-3-7-17(18(16)21)23-19(25)15(10-22)12-24-9-8-13-4-1-2-5-14(13)11-24/h1-7,12H,8-9,11H2,(H,23,25)/b15-12-. The highest BCUT2D eigenvalue weighted by molar-refractivity contribution is 6.44. The summed E-state index contributed by atoms with van der Waals surface area (Å²) in [6, 6.07) is 15.1. The number of rotatable bonds is 3. The molecule has 3 rings (SSSR count). The zero-order valence-electron chi connectivity index (χ0n) is 13.3. The van der Waals surface area contributed by atoms with Gasteiger partial charge in [0, 0.05) is 19.3 Å². The minimum absolute atomic E-state index is 0.0235. The van der Waals surface area contributed by atoms with E-state index in [4.69, 9.17) is 23.2 Å². The molecule has 0 fully saturated rings. The molecule has 0 spiro atoms. The minimum atomic E-state index is -0.509. The summed E-state index contributed by atoms with van der Waals surface area (Å²) in [4.78, 5) is 14.4. The van der Waals surface area contributed by atoms with Crippen molar-refractivity contribution in [1.82, 2.24) is 4.90 Å². The average Bonchev–Trinajstić information content (AvgIpc) is 2.63. The maximum Gasteiger partial charge on any atom is 0.267 e. The largest absolute Gasteiger partial charge is 0.371 e. The highest BCUT2D eigenvalue weighted by Gasteiger charge is 2.17. The molecule has 1 aliphatic heterocycles. The fourth-order valence-electron chi connectivity index (χ4n) is 2.74. The number of anilines is 1. The van der Waals surface area contributed by atoms with Crippen molar-refractivity contribution in [1.29, 1.82) is 5.26 Å². The summed E-state index contributed by atoms with van der Waals surface area (Å²) in [5.74, 6) is -0.509. The molecule has 0 unspecified atom stereocenters. The van der Waals surface area contributed by atoms with Crippen LogP contribution in [0.1, 0.15) is 11.1 Å². The first-order valence-electron chi connectivity index (χ1n) is 7.76. The number of fused-ring (bicyclic) bond motifs is 1. The third kappa shape index (κ3) is 3.96. The van der Waals surface area contributed by atoms with E-state index in [-0.39, 0.29) is 10.6 Å². The summed E-state index contributed by atoms with van der Waals surface area (Å²) in [6.07, 6.45) is 2.48. The number of benzene rings is 2. The van der Waals surface area contributed by atoms with Crippen LogP contribution in [0.4, 0.5) is 5.69 Å². The molecule has 0 saturated heterocycles. The van der Waals surface area contributed by atoms with Crippen LogP contribution in [0.2, 0.25) is 10.0 Å². The molecule has 1 amide bonds. The minimum Gasteiger partial charge on any atom is -0.371 e. The molecule has 0 aromatic heterocycles. The molecule has 0 radical (unpaired) electrons. The number of carbonyl (C=O) groups is 1. The lowest BCUT2D eigenvalue weighted by atomic mass is 10.0. The first-order valence-corrected chi connectivity index (χ1v) is 8.52. The van der Waals surface area contributed by atoms with E-state index in [9.17, 15) is 10.1 Å². The fourth-order valence-corrected chi connectivity index (χ4v) is 3.09. The molecule has 126 valence electrons. The molecule has 0 bridgehead atoms. The lowest BCUT2D eigenvalue weighted by molar-refractivity contribution is -0.112. The molecule has 1 heterocycles. The van der Waals surface area contributed by atoms with Crippen LogP contribution in [0.5, 0.6) is 0 Å². The van der Waals surface area contributed by atoms with Crippen LogP contribution in [-0.4, -0.2) is 17.4 Å². The van der Waals surface area contributed by atoms with Crippen LogP contribution in [0, 0.1) is 11.3 Å². The monoisotopic (exact) mass is 371 g/mol. The van der Waals surface area contributed by atoms with Gasteiger partial charge in [-0.25, -0.2) is 0 Å². The highest BCUT2D eigenvalue weighted by atomic mass is 35.5. The molecule has 4 nitrogen and oxygen atoms in total.